The van der Waals surface area contributed by atoms with E-state index in [1.165, 1.54) is 0 Å². The molecule has 5 heteroatoms. The van der Waals surface area contributed by atoms with Crippen LogP contribution in [0.5, 0.6) is 17.2 Å². The average molecular weight is 628 g/mol. The van der Waals surface area contributed by atoms with Crippen LogP contribution in [0, 0.1) is 0 Å². The first-order valence-corrected chi connectivity index (χ1v) is 16.6. The van der Waals surface area contributed by atoms with E-state index >= 15 is 0 Å². The van der Waals surface area contributed by atoms with Gasteiger partial charge in [0.2, 0.25) is 0 Å². The molecule has 1 atom stereocenters. The Morgan fingerprint density at radius 1 is 0.638 bits per heavy atom. The lowest BCUT2D eigenvalue weighted by molar-refractivity contribution is 0.0523. The molecule has 1 unspecified atom stereocenters. The molecular formula is C42H45NO4. The maximum Gasteiger partial charge on any atom is 0.144 e. The summed E-state index contributed by atoms with van der Waals surface area (Å²) in [6, 6.07) is 38.6. The number of nitrogens with zero attached hydrogens (tertiary/aromatic N) is 1. The minimum atomic E-state index is -1.69. The fourth-order valence-electron chi connectivity index (χ4n) is 5.67. The Labute approximate surface area is 279 Å². The first-order chi connectivity index (χ1) is 23.0. The third kappa shape index (κ3) is 7.93. The average Bonchev–Trinajstić information content (AvgIpc) is 3.12. The van der Waals surface area contributed by atoms with Gasteiger partial charge in [-0.25, -0.2) is 0 Å². The summed E-state index contributed by atoms with van der Waals surface area (Å²) in [5.74, 6) is 1.31. The highest BCUT2D eigenvalue weighted by Crippen LogP contribution is 2.46. The van der Waals surface area contributed by atoms with Gasteiger partial charge in [0.15, 0.2) is 0 Å². The molecule has 0 fully saturated rings. The third-order valence-corrected chi connectivity index (χ3v) is 8.48. The molecule has 2 N–H and O–H groups in total. The van der Waals surface area contributed by atoms with Crippen LogP contribution in [-0.4, -0.2) is 35.7 Å². The summed E-state index contributed by atoms with van der Waals surface area (Å²) in [6.45, 7) is 7.19. The summed E-state index contributed by atoms with van der Waals surface area (Å²) < 4.78 is 12.9. The predicted octanol–water partition coefficient (Wildman–Crippen LogP) is 9.83. The molecular weight excluding hydrogens is 582 g/mol. The molecule has 47 heavy (non-hydrogen) atoms. The van der Waals surface area contributed by atoms with Gasteiger partial charge in [0.25, 0.3) is 0 Å². The number of aliphatic hydroxyl groups is 1. The van der Waals surface area contributed by atoms with Crippen LogP contribution in [0.3, 0.4) is 0 Å². The highest BCUT2D eigenvalue weighted by Gasteiger charge is 2.43. The first-order valence-electron chi connectivity index (χ1n) is 16.6. The van der Waals surface area contributed by atoms with E-state index in [9.17, 15) is 10.2 Å². The molecule has 242 valence electrons. The number of hydrogen-bond donors (Lipinski definition) is 2. The van der Waals surface area contributed by atoms with Crippen LogP contribution in [0.15, 0.2) is 126 Å². The van der Waals surface area contributed by atoms with Gasteiger partial charge in [-0.15, -0.1) is 0 Å². The fraction of sp³-hybridized carbons (Fsp3) is 0.262. The summed E-state index contributed by atoms with van der Waals surface area (Å²) in [5, 5.41) is 24.0. The number of unbranched alkanes of at least 4 members (excludes halogenated alkanes) is 2. The highest BCUT2D eigenvalue weighted by atomic mass is 16.5. The van der Waals surface area contributed by atoms with Crippen molar-refractivity contribution in [1.29, 1.82) is 0 Å². The van der Waals surface area contributed by atoms with E-state index in [1.54, 1.807) is 24.4 Å². The number of phenolic OH excluding ortho intramolecular Hbond substituents is 1. The van der Waals surface area contributed by atoms with Crippen molar-refractivity contribution < 1.29 is 19.7 Å². The Morgan fingerprint density at radius 3 is 1.57 bits per heavy atom. The topological polar surface area (TPSA) is 71.3 Å². The van der Waals surface area contributed by atoms with Gasteiger partial charge in [-0.3, -0.25) is 4.99 Å². The van der Waals surface area contributed by atoms with Crippen molar-refractivity contribution >= 4 is 6.21 Å². The van der Waals surface area contributed by atoms with Crippen molar-refractivity contribution in [3.63, 3.8) is 0 Å². The van der Waals surface area contributed by atoms with Gasteiger partial charge in [0, 0.05) is 22.9 Å². The number of aliphatic imine (C=N–C) groups is 1. The van der Waals surface area contributed by atoms with Gasteiger partial charge in [0.05, 0.1) is 19.3 Å². The maximum atomic E-state index is 13.5. The molecule has 0 saturated carbocycles. The number of aromatic hydroxyl groups is 1. The summed E-state index contributed by atoms with van der Waals surface area (Å²) >= 11 is 0. The van der Waals surface area contributed by atoms with Gasteiger partial charge >= 0.3 is 0 Å². The summed E-state index contributed by atoms with van der Waals surface area (Å²) in [4.78, 5) is 4.91. The van der Waals surface area contributed by atoms with E-state index < -0.39 is 11.6 Å². The van der Waals surface area contributed by atoms with Crippen molar-refractivity contribution in [2.75, 3.05) is 13.2 Å². The normalized spacial score (nSPS) is 12.3. The van der Waals surface area contributed by atoms with Crippen LogP contribution in [0.1, 0.15) is 63.1 Å². The molecule has 0 aliphatic rings. The lowest BCUT2D eigenvalue weighted by atomic mass is 9.78. The first kappa shape index (κ1) is 33.5. The Kier molecular flexibility index (Phi) is 11.5. The van der Waals surface area contributed by atoms with E-state index in [0.29, 0.717) is 41.4 Å². The second-order valence-electron chi connectivity index (χ2n) is 11.8. The van der Waals surface area contributed by atoms with Crippen LogP contribution in [-0.2, 0) is 5.60 Å². The summed E-state index contributed by atoms with van der Waals surface area (Å²) in [7, 11) is 0. The number of rotatable bonds is 15. The SMILES string of the molecule is CCCCOc1ccc(-c2ccccc2)cc1C(O)(c1cc(-c2ccccc2)ccc1OCCCC)C(C)N=Cc1ccccc1O. The van der Waals surface area contributed by atoms with Crippen LogP contribution < -0.4 is 9.47 Å². The molecule has 0 heterocycles. The van der Waals surface area contributed by atoms with E-state index in [-0.39, 0.29) is 5.75 Å². The molecule has 5 nitrogen and oxygen atoms in total. The molecule has 0 aliphatic carbocycles. The van der Waals surface area contributed by atoms with Crippen LogP contribution in [0.2, 0.25) is 0 Å². The molecule has 0 aliphatic heterocycles. The molecule has 5 aromatic carbocycles. The molecule has 5 aromatic rings. The number of benzene rings is 5. The minimum Gasteiger partial charge on any atom is -0.507 e. The van der Waals surface area contributed by atoms with E-state index in [1.807, 2.05) is 85.8 Å². The number of para-hydroxylation sites is 1. The minimum absolute atomic E-state index is 0.122. The third-order valence-electron chi connectivity index (χ3n) is 8.48. The highest BCUT2D eigenvalue weighted by molar-refractivity contribution is 5.83. The summed E-state index contributed by atoms with van der Waals surface area (Å²) in [5.41, 5.74) is 4.02. The van der Waals surface area contributed by atoms with Crippen molar-refractivity contribution in [3.05, 3.63) is 138 Å². The smallest absolute Gasteiger partial charge is 0.144 e. The zero-order valence-corrected chi connectivity index (χ0v) is 27.6. The standard InChI is InChI=1S/C42H45NO4/c1-4-6-26-46-40-24-22-34(32-16-10-8-11-17-32)28-37(40)42(45,31(3)43-30-36-20-14-15-21-39(36)44)38-29-35(33-18-12-9-13-19-33)23-25-41(38)47-27-7-5-2/h8-25,28-31,44-45H,4-7,26-27H2,1-3H3. The van der Waals surface area contributed by atoms with E-state index in [0.717, 1.165) is 47.9 Å². The lowest BCUT2D eigenvalue weighted by Gasteiger charge is -2.36. The predicted molar refractivity (Wildman–Crippen MR) is 193 cm³/mol. The van der Waals surface area contributed by atoms with Crippen LogP contribution >= 0.6 is 0 Å². The summed E-state index contributed by atoms with van der Waals surface area (Å²) in [6.07, 6.45) is 5.36. The van der Waals surface area contributed by atoms with Crippen molar-refractivity contribution in [1.82, 2.24) is 0 Å². The molecule has 0 spiro atoms. The largest absolute Gasteiger partial charge is 0.507 e. The fourth-order valence-corrected chi connectivity index (χ4v) is 5.67. The molecule has 0 amide bonds. The number of phenols is 1. The van der Waals surface area contributed by atoms with Gasteiger partial charge in [-0.05, 0) is 78.4 Å². The Bertz CT molecular complexity index is 1650. The zero-order valence-electron chi connectivity index (χ0n) is 27.6. The van der Waals surface area contributed by atoms with Crippen molar-refractivity contribution in [3.8, 4) is 39.5 Å². The lowest BCUT2D eigenvalue weighted by Crippen LogP contribution is -2.39. The van der Waals surface area contributed by atoms with Gasteiger partial charge < -0.3 is 19.7 Å². The second-order valence-corrected chi connectivity index (χ2v) is 11.8. The Morgan fingerprint density at radius 2 is 1.11 bits per heavy atom. The van der Waals surface area contributed by atoms with Crippen molar-refractivity contribution in [2.45, 2.75) is 58.1 Å². The molecule has 0 saturated heterocycles. The number of hydrogen-bond acceptors (Lipinski definition) is 5. The molecule has 0 radical (unpaired) electrons. The van der Waals surface area contributed by atoms with Gasteiger partial charge in [-0.2, -0.15) is 0 Å². The molecule has 5 rings (SSSR count). The van der Waals surface area contributed by atoms with Gasteiger partial charge in [-0.1, -0.05) is 112 Å². The van der Waals surface area contributed by atoms with E-state index in [2.05, 4.69) is 38.1 Å². The Balaban J connectivity index is 1.77. The zero-order chi connectivity index (χ0) is 33.1. The molecule has 0 bridgehead atoms. The van der Waals surface area contributed by atoms with Crippen LogP contribution in [0.4, 0.5) is 0 Å². The maximum absolute atomic E-state index is 13.5. The quantitative estimate of drug-likeness (QED) is 0.0895. The monoisotopic (exact) mass is 627 g/mol. The Hall–Kier alpha value is -4.87. The number of ether oxygens (including phenoxy) is 2. The van der Waals surface area contributed by atoms with Crippen molar-refractivity contribution in [2.24, 2.45) is 4.99 Å². The molecule has 0 aromatic heterocycles. The van der Waals surface area contributed by atoms with E-state index in [4.69, 9.17) is 14.5 Å². The second kappa shape index (κ2) is 16.1. The van der Waals surface area contributed by atoms with Crippen LogP contribution in [0.25, 0.3) is 22.3 Å². The van der Waals surface area contributed by atoms with Gasteiger partial charge in [0.1, 0.15) is 22.8 Å².